The molecule has 8 heteroatoms. The molecule has 0 atom stereocenters. The van der Waals surface area contributed by atoms with E-state index >= 15 is 0 Å². The molecule has 0 bridgehead atoms. The lowest BCUT2D eigenvalue weighted by atomic mass is 9.33. The summed E-state index contributed by atoms with van der Waals surface area (Å²) in [6.45, 7) is 50.4. The van der Waals surface area contributed by atoms with Crippen molar-refractivity contribution in [3.8, 4) is 107 Å². The number of fused-ring (bicyclic) bond motifs is 7. The van der Waals surface area contributed by atoms with Gasteiger partial charge in [-0.3, -0.25) is 0 Å². The minimum atomic E-state index is -0.445. The van der Waals surface area contributed by atoms with Gasteiger partial charge in [-0.1, -0.05) is 286 Å². The number of nitrogens with one attached hydrogen (secondary N) is 2. The number of rotatable bonds is 9. The molecular weight excluding hydrogens is 1330 g/mol. The van der Waals surface area contributed by atoms with Crippen LogP contribution >= 0.6 is 0 Å². The fourth-order valence-corrected chi connectivity index (χ4v) is 16.4. The molecule has 2 aliphatic heterocycles. The van der Waals surface area contributed by atoms with Gasteiger partial charge in [0.2, 0.25) is 0 Å². The van der Waals surface area contributed by atoms with Crippen molar-refractivity contribution in [1.82, 2.24) is 4.57 Å². The van der Waals surface area contributed by atoms with Gasteiger partial charge in [0.15, 0.2) is 11.4 Å². The van der Waals surface area contributed by atoms with Crippen LogP contribution in [0.1, 0.15) is 143 Å². The lowest BCUT2D eigenvalue weighted by molar-refractivity contribution is 0.568. The molecular formula is C102H88BN7. The first-order valence-electron chi connectivity index (χ1n) is 38.1. The van der Waals surface area contributed by atoms with Crippen molar-refractivity contribution in [2.45, 2.75) is 131 Å². The summed E-state index contributed by atoms with van der Waals surface area (Å²) in [5.74, 6) is 0. The molecule has 110 heavy (non-hydrogen) atoms. The quantitative estimate of drug-likeness (QED) is 0.111. The Kier molecular flexibility index (Phi) is 17.3. The Bertz CT molecular complexity index is 5770. The maximum absolute atomic E-state index is 10.3. The summed E-state index contributed by atoms with van der Waals surface area (Å²) in [6, 6.07) is 94.9. The van der Waals surface area contributed by atoms with Crippen molar-refractivity contribution >= 4 is 79.0 Å². The molecule has 2 N–H and O–H groups in total. The van der Waals surface area contributed by atoms with Gasteiger partial charge in [-0.15, -0.1) is 0 Å². The van der Waals surface area contributed by atoms with Crippen molar-refractivity contribution in [3.05, 3.63) is 310 Å². The average molecular weight is 1420 g/mol. The van der Waals surface area contributed by atoms with Gasteiger partial charge in [-0.2, -0.15) is 10.5 Å². The summed E-state index contributed by atoms with van der Waals surface area (Å²) in [5, 5.41) is 31.8. The SMILES string of the molecule is [C-]#[N+]c1ccc(-c2cccc(-c3ccc([N+]#[C-])cc3)c2-c2cc(-c3cc(C(C)(C)C)cc(C(C)(C)C)c3)cc3c2Nc2cc(-n4c5ccccc5c5cc(C(C)(C)C)ccc54)cc4c2B3c2cc(-c3cc(C(C)(C)C)cc(C(C)(C)C)c3)cc(-c3c(-c5ccc(C#N)cc5)cccc3-c3ccc(C#N)cc3)c2N4)cc1. The van der Waals surface area contributed by atoms with E-state index < -0.39 is 6.71 Å². The Balaban J connectivity index is 1.11. The summed E-state index contributed by atoms with van der Waals surface area (Å²) in [4.78, 5) is 7.76. The molecule has 3 heterocycles. The molecule has 1 aromatic heterocycles. The van der Waals surface area contributed by atoms with E-state index in [0.29, 0.717) is 22.5 Å². The topological polar surface area (TPSA) is 85.3 Å². The Morgan fingerprint density at radius 1 is 0.327 bits per heavy atom. The van der Waals surface area contributed by atoms with E-state index in [2.05, 4.69) is 341 Å². The molecule has 14 aromatic rings. The van der Waals surface area contributed by atoms with Crippen LogP contribution in [-0.2, 0) is 27.1 Å². The number of benzene rings is 13. The third kappa shape index (κ3) is 12.8. The number of aromatic nitrogens is 1. The molecule has 0 aliphatic carbocycles. The van der Waals surface area contributed by atoms with Crippen LogP contribution in [0.3, 0.4) is 0 Å². The van der Waals surface area contributed by atoms with Gasteiger partial charge in [0.25, 0.3) is 6.71 Å². The molecule has 0 spiro atoms. The monoisotopic (exact) mass is 1420 g/mol. The lowest BCUT2D eigenvalue weighted by Crippen LogP contribution is -2.59. The maximum Gasteiger partial charge on any atom is 0.252 e. The molecule has 7 nitrogen and oxygen atoms in total. The summed E-state index contributed by atoms with van der Waals surface area (Å²) in [6.07, 6.45) is 0. The summed E-state index contributed by atoms with van der Waals surface area (Å²) in [7, 11) is 0. The summed E-state index contributed by atoms with van der Waals surface area (Å²) < 4.78 is 2.45. The van der Waals surface area contributed by atoms with Gasteiger partial charge >= 0.3 is 0 Å². The second kappa shape index (κ2) is 26.6. The van der Waals surface area contributed by atoms with Crippen LogP contribution in [0.2, 0.25) is 0 Å². The van der Waals surface area contributed by atoms with Crippen molar-refractivity contribution < 1.29 is 0 Å². The summed E-state index contributed by atoms with van der Waals surface area (Å²) >= 11 is 0. The van der Waals surface area contributed by atoms with Gasteiger partial charge in [0.05, 0.1) is 53.1 Å². The van der Waals surface area contributed by atoms with Gasteiger partial charge < -0.3 is 15.2 Å². The fraction of sp³-hybridized carbons (Fsp3) is 0.196. The van der Waals surface area contributed by atoms with E-state index in [9.17, 15) is 10.5 Å². The van der Waals surface area contributed by atoms with Crippen LogP contribution < -0.4 is 27.0 Å². The van der Waals surface area contributed by atoms with E-state index in [1.165, 1.54) is 38.6 Å². The van der Waals surface area contributed by atoms with Crippen LogP contribution in [0.4, 0.5) is 34.1 Å². The van der Waals surface area contributed by atoms with Crippen molar-refractivity contribution in [2.24, 2.45) is 0 Å². The first-order valence-corrected chi connectivity index (χ1v) is 38.1. The Morgan fingerprint density at radius 2 is 0.682 bits per heavy atom. The van der Waals surface area contributed by atoms with Crippen molar-refractivity contribution in [1.29, 1.82) is 10.5 Å². The first-order chi connectivity index (χ1) is 52.5. The Morgan fingerprint density at radius 3 is 1.05 bits per heavy atom. The number of hydrogen-bond donors (Lipinski definition) is 2. The normalized spacial score (nSPS) is 12.6. The molecule has 0 amide bonds. The number of para-hydroxylation sites is 1. The highest BCUT2D eigenvalue weighted by atomic mass is 15.0. The van der Waals surface area contributed by atoms with Crippen LogP contribution in [0, 0.1) is 35.8 Å². The molecule has 0 fully saturated rings. The van der Waals surface area contributed by atoms with E-state index in [1.807, 2.05) is 48.5 Å². The molecule has 534 valence electrons. The van der Waals surface area contributed by atoms with Gasteiger partial charge in [0.1, 0.15) is 0 Å². The number of nitrogens with zero attached hydrogens (tertiary/aromatic N) is 5. The van der Waals surface area contributed by atoms with E-state index in [0.717, 1.165) is 145 Å². The van der Waals surface area contributed by atoms with Crippen LogP contribution in [0.5, 0.6) is 0 Å². The zero-order valence-electron chi connectivity index (χ0n) is 65.5. The predicted octanol–water partition coefficient (Wildman–Crippen LogP) is 26.1. The first kappa shape index (κ1) is 71.5. The second-order valence-corrected chi connectivity index (χ2v) is 35.2. The molecule has 0 unspecified atom stereocenters. The minimum Gasteiger partial charge on any atom is -0.356 e. The fourth-order valence-electron chi connectivity index (χ4n) is 16.4. The standard InChI is InChI=1S/C102H88BN7/c1-98(2,3)71-40-45-92-84(56-71)83-22-18-19-27-91(83)110(92)78-57-89-95-90(58-78)109-97-86(94-81(65-36-41-76(106-16)42-37-65)25-21-26-82(94)66-38-43-77(107-17)44-39-66)51-70(68-48-74(101(10,11)12)55-75(49-68)102(13,14)15)53-88(97)103(95)87-52-69(67-46-72(99(4,5)6)54-73(47-67)100(7,8)9)50-85(96(87)108-89)93-79(63-32-28-61(59-104)29-33-63)23-20-24-80(93)64-34-30-62(60-105)31-35-64/h18-58,108-109H,1-15H3. The second-order valence-electron chi connectivity index (χ2n) is 35.2. The highest BCUT2D eigenvalue weighted by Gasteiger charge is 2.42. The molecule has 16 rings (SSSR count). The third-order valence-electron chi connectivity index (χ3n) is 22.7. The molecule has 0 saturated heterocycles. The Hall–Kier alpha value is -12.7. The van der Waals surface area contributed by atoms with Crippen LogP contribution in [0.15, 0.2) is 249 Å². The van der Waals surface area contributed by atoms with Crippen LogP contribution in [-0.4, -0.2) is 11.3 Å². The molecule has 0 saturated carbocycles. The van der Waals surface area contributed by atoms with Gasteiger partial charge in [-0.05, 0) is 216 Å². The van der Waals surface area contributed by atoms with Crippen molar-refractivity contribution in [2.75, 3.05) is 10.6 Å². The molecule has 0 radical (unpaired) electrons. The van der Waals surface area contributed by atoms with E-state index in [1.54, 1.807) is 0 Å². The zero-order valence-corrected chi connectivity index (χ0v) is 65.5. The van der Waals surface area contributed by atoms with Gasteiger partial charge in [-0.25, -0.2) is 9.69 Å². The highest BCUT2D eigenvalue weighted by Crippen LogP contribution is 2.52. The largest absolute Gasteiger partial charge is 0.356 e. The molecule has 2 aliphatic rings. The third-order valence-corrected chi connectivity index (χ3v) is 22.7. The average Bonchev–Trinajstić information content (AvgIpc) is 0.871. The van der Waals surface area contributed by atoms with E-state index in [-0.39, 0.29) is 27.1 Å². The summed E-state index contributed by atoms with van der Waals surface area (Å²) in [5.41, 5.74) is 34.0. The number of anilines is 4. The number of nitriles is 2. The minimum absolute atomic E-state index is 0.0970. The lowest BCUT2D eigenvalue weighted by Gasteiger charge is -2.38. The smallest absolute Gasteiger partial charge is 0.252 e. The van der Waals surface area contributed by atoms with Crippen LogP contribution in [0.25, 0.3) is 126 Å². The maximum atomic E-state index is 10.3. The highest BCUT2D eigenvalue weighted by molar-refractivity contribution is 7.00. The Labute approximate surface area is 649 Å². The van der Waals surface area contributed by atoms with E-state index in [4.69, 9.17) is 13.1 Å². The molecule has 13 aromatic carbocycles. The predicted molar refractivity (Wildman–Crippen MR) is 464 cm³/mol. The van der Waals surface area contributed by atoms with Gasteiger partial charge in [0, 0.05) is 44.6 Å². The zero-order chi connectivity index (χ0) is 77.3. The number of hydrogen-bond acceptors (Lipinski definition) is 4. The van der Waals surface area contributed by atoms with Crippen molar-refractivity contribution in [3.63, 3.8) is 0 Å².